The summed E-state index contributed by atoms with van der Waals surface area (Å²) in [5, 5.41) is 6.62. The van der Waals surface area contributed by atoms with E-state index < -0.39 is 5.91 Å². The first kappa shape index (κ1) is 15.5. The van der Waals surface area contributed by atoms with E-state index in [1.54, 1.807) is 56.9 Å². The fourth-order valence-electron chi connectivity index (χ4n) is 2.14. The molecular weight excluding hydrogens is 310 g/mol. The quantitative estimate of drug-likeness (QED) is 0.776. The molecule has 0 fully saturated rings. The summed E-state index contributed by atoms with van der Waals surface area (Å²) in [6.07, 6.45) is 3.17. The topological polar surface area (TPSA) is 86.5 Å². The van der Waals surface area contributed by atoms with E-state index in [1.807, 2.05) is 6.07 Å². The zero-order chi connectivity index (χ0) is 16.9. The van der Waals surface area contributed by atoms with Gasteiger partial charge in [-0.2, -0.15) is 0 Å². The third kappa shape index (κ3) is 3.19. The summed E-state index contributed by atoms with van der Waals surface area (Å²) in [6, 6.07) is 10.4. The van der Waals surface area contributed by atoms with E-state index in [4.69, 9.17) is 14.0 Å². The first-order chi connectivity index (χ1) is 11.7. The first-order valence-electron chi connectivity index (χ1n) is 7.11. The van der Waals surface area contributed by atoms with Gasteiger partial charge in [0.2, 0.25) is 5.76 Å². The zero-order valence-corrected chi connectivity index (χ0v) is 13.1. The maximum absolute atomic E-state index is 12.2. The minimum Gasteiger partial charge on any atom is -0.493 e. The van der Waals surface area contributed by atoms with Gasteiger partial charge < -0.3 is 19.3 Å². The molecular formula is C17H15N3O4. The van der Waals surface area contributed by atoms with Crippen LogP contribution in [0.4, 0.5) is 5.69 Å². The molecule has 3 rings (SSSR count). The molecule has 7 nitrogen and oxygen atoms in total. The van der Waals surface area contributed by atoms with Gasteiger partial charge in [0, 0.05) is 17.8 Å². The summed E-state index contributed by atoms with van der Waals surface area (Å²) in [7, 11) is 3.12. The molecule has 0 saturated heterocycles. The molecule has 0 unspecified atom stereocenters. The van der Waals surface area contributed by atoms with Crippen LogP contribution in [0.1, 0.15) is 10.6 Å². The highest BCUT2D eigenvalue weighted by Crippen LogP contribution is 2.32. The number of benzene rings is 1. The number of nitrogens with zero attached hydrogens (tertiary/aromatic N) is 2. The Kier molecular flexibility index (Phi) is 4.42. The fourth-order valence-corrected chi connectivity index (χ4v) is 2.14. The van der Waals surface area contributed by atoms with E-state index in [0.717, 1.165) is 5.56 Å². The smallest absolute Gasteiger partial charge is 0.294 e. The van der Waals surface area contributed by atoms with Gasteiger partial charge in [0.25, 0.3) is 5.91 Å². The monoisotopic (exact) mass is 325 g/mol. The van der Waals surface area contributed by atoms with E-state index in [-0.39, 0.29) is 5.76 Å². The van der Waals surface area contributed by atoms with Crippen molar-refractivity contribution in [2.45, 2.75) is 0 Å². The minimum absolute atomic E-state index is 0.101. The van der Waals surface area contributed by atoms with Gasteiger partial charge in [0.1, 0.15) is 5.69 Å². The van der Waals surface area contributed by atoms with Gasteiger partial charge in [-0.25, -0.2) is 0 Å². The summed E-state index contributed by atoms with van der Waals surface area (Å²) in [4.78, 5) is 16.1. The lowest BCUT2D eigenvalue weighted by Gasteiger charge is -2.07. The van der Waals surface area contributed by atoms with Crippen LogP contribution in [0.25, 0.3) is 11.3 Å². The van der Waals surface area contributed by atoms with Crippen molar-refractivity contribution in [3.05, 3.63) is 54.6 Å². The Balaban J connectivity index is 1.81. The van der Waals surface area contributed by atoms with E-state index in [2.05, 4.69) is 15.5 Å². The summed E-state index contributed by atoms with van der Waals surface area (Å²) >= 11 is 0. The number of methoxy groups -OCH3 is 2. The Labute approximate surface area is 138 Å². The lowest BCUT2D eigenvalue weighted by atomic mass is 10.1. The summed E-state index contributed by atoms with van der Waals surface area (Å²) in [5.74, 6) is 0.879. The molecule has 0 aliphatic rings. The molecule has 7 heteroatoms. The zero-order valence-electron chi connectivity index (χ0n) is 13.1. The van der Waals surface area contributed by atoms with Gasteiger partial charge >= 0.3 is 0 Å². The molecule has 0 aliphatic carbocycles. The van der Waals surface area contributed by atoms with Crippen LogP contribution in [-0.4, -0.2) is 30.3 Å². The van der Waals surface area contributed by atoms with E-state index in [1.165, 1.54) is 0 Å². The highest BCUT2D eigenvalue weighted by Gasteiger charge is 2.15. The number of pyridine rings is 1. The lowest BCUT2D eigenvalue weighted by molar-refractivity contribution is 0.0988. The molecule has 122 valence electrons. The molecule has 0 radical (unpaired) electrons. The Morgan fingerprint density at radius 3 is 2.67 bits per heavy atom. The minimum atomic E-state index is -0.401. The third-order valence-electron chi connectivity index (χ3n) is 3.33. The Bertz CT molecular complexity index is 846. The van der Waals surface area contributed by atoms with Crippen LogP contribution in [0.3, 0.4) is 0 Å². The number of carbonyl (C=O) groups excluding carboxylic acids is 1. The van der Waals surface area contributed by atoms with Crippen LogP contribution >= 0.6 is 0 Å². The first-order valence-corrected chi connectivity index (χ1v) is 7.11. The standard InChI is InChI=1S/C17H15N3O4/c1-22-14-6-5-11(8-15(14)23-2)13-9-16(24-20-13)17(21)19-12-4-3-7-18-10-12/h3-10H,1-2H3,(H,19,21). The lowest BCUT2D eigenvalue weighted by Crippen LogP contribution is -2.10. The van der Waals surface area contributed by atoms with Gasteiger partial charge in [-0.1, -0.05) is 5.16 Å². The van der Waals surface area contributed by atoms with Crippen LogP contribution < -0.4 is 14.8 Å². The third-order valence-corrected chi connectivity index (χ3v) is 3.33. The van der Waals surface area contributed by atoms with E-state index in [0.29, 0.717) is 22.9 Å². The predicted octanol–water partition coefficient (Wildman–Crippen LogP) is 3.01. The summed E-state index contributed by atoms with van der Waals surface area (Å²) in [5.41, 5.74) is 1.84. The van der Waals surface area contributed by atoms with Crippen molar-refractivity contribution in [1.82, 2.24) is 10.1 Å². The number of ether oxygens (including phenoxy) is 2. The average Bonchev–Trinajstić information content (AvgIpc) is 3.12. The second kappa shape index (κ2) is 6.82. The molecule has 0 saturated carbocycles. The molecule has 3 aromatic rings. The molecule has 24 heavy (non-hydrogen) atoms. The van der Waals surface area contributed by atoms with Crippen LogP contribution in [0.15, 0.2) is 53.3 Å². The second-order valence-corrected chi connectivity index (χ2v) is 4.84. The van der Waals surface area contributed by atoms with Crippen LogP contribution in [0.5, 0.6) is 11.5 Å². The highest BCUT2D eigenvalue weighted by molar-refractivity contribution is 6.02. The molecule has 0 aliphatic heterocycles. The number of amides is 1. The van der Waals surface area contributed by atoms with Gasteiger partial charge in [-0.3, -0.25) is 9.78 Å². The predicted molar refractivity (Wildman–Crippen MR) is 87.2 cm³/mol. The number of carbonyl (C=O) groups is 1. The van der Waals surface area contributed by atoms with Crippen molar-refractivity contribution >= 4 is 11.6 Å². The molecule has 2 aromatic heterocycles. The Morgan fingerprint density at radius 2 is 1.96 bits per heavy atom. The van der Waals surface area contributed by atoms with E-state index in [9.17, 15) is 4.79 Å². The molecule has 0 atom stereocenters. The number of hydrogen-bond donors (Lipinski definition) is 1. The Hall–Kier alpha value is -3.35. The van der Waals surface area contributed by atoms with Crippen LogP contribution in [0, 0.1) is 0 Å². The number of hydrogen-bond acceptors (Lipinski definition) is 6. The number of rotatable bonds is 5. The van der Waals surface area contributed by atoms with Crippen molar-refractivity contribution in [3.8, 4) is 22.8 Å². The molecule has 0 spiro atoms. The molecule has 1 aromatic carbocycles. The normalized spacial score (nSPS) is 10.2. The highest BCUT2D eigenvalue weighted by atomic mass is 16.5. The Morgan fingerprint density at radius 1 is 1.12 bits per heavy atom. The van der Waals surface area contributed by atoms with Gasteiger partial charge in [0.05, 0.1) is 26.1 Å². The average molecular weight is 325 g/mol. The SMILES string of the molecule is COc1ccc(-c2cc(C(=O)Nc3cccnc3)on2)cc1OC. The molecule has 1 amide bonds. The van der Waals surface area contributed by atoms with Gasteiger partial charge in [-0.15, -0.1) is 0 Å². The summed E-state index contributed by atoms with van der Waals surface area (Å²) in [6.45, 7) is 0. The largest absolute Gasteiger partial charge is 0.493 e. The number of aromatic nitrogens is 2. The van der Waals surface area contributed by atoms with Crippen molar-refractivity contribution in [2.24, 2.45) is 0 Å². The number of nitrogens with one attached hydrogen (secondary N) is 1. The van der Waals surface area contributed by atoms with Gasteiger partial charge in [0.15, 0.2) is 11.5 Å². The maximum Gasteiger partial charge on any atom is 0.294 e. The van der Waals surface area contributed by atoms with E-state index >= 15 is 0 Å². The molecule has 1 N–H and O–H groups in total. The summed E-state index contributed by atoms with van der Waals surface area (Å²) < 4.78 is 15.6. The number of anilines is 1. The molecule has 2 heterocycles. The second-order valence-electron chi connectivity index (χ2n) is 4.84. The van der Waals surface area contributed by atoms with Crippen molar-refractivity contribution in [2.75, 3.05) is 19.5 Å². The van der Waals surface area contributed by atoms with Crippen molar-refractivity contribution in [1.29, 1.82) is 0 Å². The van der Waals surface area contributed by atoms with Gasteiger partial charge in [-0.05, 0) is 30.3 Å². The molecule has 0 bridgehead atoms. The fraction of sp³-hybridized carbons (Fsp3) is 0.118. The van der Waals surface area contributed by atoms with Crippen molar-refractivity contribution in [3.63, 3.8) is 0 Å². The van der Waals surface area contributed by atoms with Crippen LogP contribution in [-0.2, 0) is 0 Å². The maximum atomic E-state index is 12.2. The van der Waals surface area contributed by atoms with Crippen molar-refractivity contribution < 1.29 is 18.8 Å². The van der Waals surface area contributed by atoms with Crippen LogP contribution in [0.2, 0.25) is 0 Å².